The zero-order valence-electron chi connectivity index (χ0n) is 13.9. The predicted molar refractivity (Wildman–Crippen MR) is 88.8 cm³/mol. The molecule has 1 heterocycles. The summed E-state index contributed by atoms with van der Waals surface area (Å²) < 4.78 is 5.43. The Labute approximate surface area is 137 Å². The fourth-order valence-electron chi connectivity index (χ4n) is 3.36. The van der Waals surface area contributed by atoms with Crippen LogP contribution in [0.5, 0.6) is 0 Å². The summed E-state index contributed by atoms with van der Waals surface area (Å²) in [5.74, 6) is 1.81. The number of aromatic nitrogens is 2. The summed E-state index contributed by atoms with van der Waals surface area (Å²) in [6, 6.07) is 8.58. The van der Waals surface area contributed by atoms with Gasteiger partial charge in [-0.05, 0) is 57.2 Å². The van der Waals surface area contributed by atoms with Gasteiger partial charge in [0.25, 0.3) is 5.89 Å². The van der Waals surface area contributed by atoms with Gasteiger partial charge < -0.3 is 9.63 Å². The number of hydrogen-bond donors (Lipinski definition) is 1. The monoisotopic (exact) mass is 315 g/mol. The van der Waals surface area contributed by atoms with Gasteiger partial charge in [0, 0.05) is 18.2 Å². The molecule has 0 aliphatic heterocycles. The lowest BCUT2D eigenvalue weighted by Crippen LogP contribution is -2.35. The maximum atomic E-state index is 9.24. The standard InChI is InChI=1S/C18H25N3O2/c1-13-5-3-4-6-16(13)18-19-17(20-23-18)11-21(2)15-9-7-14(12-22)8-10-15/h3-6,14-15,22H,7-12H2,1-2H3. The second kappa shape index (κ2) is 7.23. The Kier molecular flexibility index (Phi) is 5.08. The minimum atomic E-state index is 0.320. The van der Waals surface area contributed by atoms with Crippen LogP contribution in [0, 0.1) is 12.8 Å². The second-order valence-electron chi connectivity index (χ2n) is 6.60. The molecule has 0 amide bonds. The third kappa shape index (κ3) is 3.79. The van der Waals surface area contributed by atoms with Crippen LogP contribution in [0.1, 0.15) is 37.1 Å². The van der Waals surface area contributed by atoms with Crippen LogP contribution >= 0.6 is 0 Å². The molecular formula is C18H25N3O2. The summed E-state index contributed by atoms with van der Waals surface area (Å²) >= 11 is 0. The van der Waals surface area contributed by atoms with Gasteiger partial charge in [0.15, 0.2) is 5.82 Å². The molecule has 0 spiro atoms. The van der Waals surface area contributed by atoms with E-state index >= 15 is 0 Å². The van der Waals surface area contributed by atoms with Crippen LogP contribution in [0.2, 0.25) is 0 Å². The Bertz CT molecular complexity index is 633. The normalized spacial score (nSPS) is 21.7. The summed E-state index contributed by atoms with van der Waals surface area (Å²) in [4.78, 5) is 6.85. The molecule has 1 aromatic carbocycles. The van der Waals surface area contributed by atoms with E-state index in [2.05, 4.69) is 22.1 Å². The van der Waals surface area contributed by atoms with Crippen molar-refractivity contribution >= 4 is 0 Å². The van der Waals surface area contributed by atoms with Crippen molar-refractivity contribution in [3.63, 3.8) is 0 Å². The minimum absolute atomic E-state index is 0.320. The molecule has 5 nitrogen and oxygen atoms in total. The Morgan fingerprint density at radius 1 is 1.22 bits per heavy atom. The molecule has 23 heavy (non-hydrogen) atoms. The van der Waals surface area contributed by atoms with Crippen LogP contribution in [0.15, 0.2) is 28.8 Å². The van der Waals surface area contributed by atoms with Crippen molar-refractivity contribution in [2.24, 2.45) is 5.92 Å². The van der Waals surface area contributed by atoms with E-state index in [1.807, 2.05) is 31.2 Å². The minimum Gasteiger partial charge on any atom is -0.396 e. The molecule has 0 bridgehead atoms. The largest absolute Gasteiger partial charge is 0.396 e. The van der Waals surface area contributed by atoms with Gasteiger partial charge in [0.1, 0.15) is 0 Å². The molecule has 2 aromatic rings. The van der Waals surface area contributed by atoms with Crippen molar-refractivity contribution in [3.05, 3.63) is 35.7 Å². The number of rotatable bonds is 5. The fourth-order valence-corrected chi connectivity index (χ4v) is 3.36. The Morgan fingerprint density at radius 3 is 2.65 bits per heavy atom. The highest BCUT2D eigenvalue weighted by Gasteiger charge is 2.24. The van der Waals surface area contributed by atoms with Crippen LogP contribution in [0.25, 0.3) is 11.5 Å². The third-order valence-electron chi connectivity index (χ3n) is 4.93. The van der Waals surface area contributed by atoms with Gasteiger partial charge in [-0.2, -0.15) is 4.98 Å². The predicted octanol–water partition coefficient (Wildman–Crippen LogP) is 3.03. The molecule has 0 saturated heterocycles. The molecule has 1 fully saturated rings. The van der Waals surface area contributed by atoms with E-state index < -0.39 is 0 Å². The molecular weight excluding hydrogens is 290 g/mol. The van der Waals surface area contributed by atoms with E-state index in [0.717, 1.165) is 42.6 Å². The Hall–Kier alpha value is -1.72. The number of aryl methyl sites for hydroxylation is 1. The maximum absolute atomic E-state index is 9.24. The average Bonchev–Trinajstić information content (AvgIpc) is 3.03. The van der Waals surface area contributed by atoms with Gasteiger partial charge in [0.2, 0.25) is 0 Å². The number of aliphatic hydroxyl groups is 1. The lowest BCUT2D eigenvalue weighted by Gasteiger charge is -2.33. The van der Waals surface area contributed by atoms with E-state index in [9.17, 15) is 5.11 Å². The van der Waals surface area contributed by atoms with Crippen molar-refractivity contribution in [2.75, 3.05) is 13.7 Å². The number of nitrogens with zero attached hydrogens (tertiary/aromatic N) is 3. The number of hydrogen-bond acceptors (Lipinski definition) is 5. The van der Waals surface area contributed by atoms with Gasteiger partial charge >= 0.3 is 0 Å². The Balaban J connectivity index is 1.62. The first-order chi connectivity index (χ1) is 11.2. The quantitative estimate of drug-likeness (QED) is 0.919. The lowest BCUT2D eigenvalue weighted by atomic mass is 9.86. The molecule has 0 unspecified atom stereocenters. The van der Waals surface area contributed by atoms with Crippen LogP contribution in [0.3, 0.4) is 0 Å². The van der Waals surface area contributed by atoms with Crippen molar-refractivity contribution in [1.82, 2.24) is 15.0 Å². The maximum Gasteiger partial charge on any atom is 0.258 e. The topological polar surface area (TPSA) is 62.4 Å². The molecule has 0 atom stereocenters. The SMILES string of the molecule is Cc1ccccc1-c1nc(CN(C)C2CCC(CO)CC2)no1. The van der Waals surface area contributed by atoms with E-state index in [-0.39, 0.29) is 0 Å². The molecule has 3 rings (SSSR count). The Morgan fingerprint density at radius 2 is 1.96 bits per heavy atom. The molecule has 0 radical (unpaired) electrons. The van der Waals surface area contributed by atoms with Crippen LogP contribution in [-0.4, -0.2) is 39.8 Å². The lowest BCUT2D eigenvalue weighted by molar-refractivity contribution is 0.122. The summed E-state index contributed by atoms with van der Waals surface area (Å²) in [5, 5.41) is 13.4. The molecule has 1 aliphatic carbocycles. The fraction of sp³-hybridized carbons (Fsp3) is 0.556. The zero-order chi connectivity index (χ0) is 16.2. The molecule has 1 aliphatic rings. The number of benzene rings is 1. The van der Waals surface area contributed by atoms with Gasteiger partial charge in [-0.25, -0.2) is 0 Å². The number of aliphatic hydroxyl groups excluding tert-OH is 1. The molecule has 124 valence electrons. The molecule has 1 saturated carbocycles. The first-order valence-corrected chi connectivity index (χ1v) is 8.37. The highest BCUT2D eigenvalue weighted by atomic mass is 16.5. The summed E-state index contributed by atoms with van der Waals surface area (Å²) in [5.41, 5.74) is 2.13. The average molecular weight is 315 g/mol. The molecule has 1 N–H and O–H groups in total. The van der Waals surface area contributed by atoms with Gasteiger partial charge in [-0.1, -0.05) is 23.4 Å². The van der Waals surface area contributed by atoms with Crippen molar-refractivity contribution < 1.29 is 9.63 Å². The van der Waals surface area contributed by atoms with Crippen molar-refractivity contribution in [2.45, 2.75) is 45.2 Å². The molecule has 1 aromatic heterocycles. The van der Waals surface area contributed by atoms with Crippen LogP contribution in [-0.2, 0) is 6.54 Å². The second-order valence-corrected chi connectivity index (χ2v) is 6.60. The summed E-state index contributed by atoms with van der Waals surface area (Å²) in [6.07, 6.45) is 4.47. The van der Waals surface area contributed by atoms with Crippen molar-refractivity contribution in [1.29, 1.82) is 0 Å². The first kappa shape index (κ1) is 16.1. The zero-order valence-corrected chi connectivity index (χ0v) is 13.9. The van der Waals surface area contributed by atoms with Gasteiger partial charge in [-0.15, -0.1) is 0 Å². The van der Waals surface area contributed by atoms with Crippen LogP contribution in [0.4, 0.5) is 0 Å². The van der Waals surface area contributed by atoms with E-state index in [1.165, 1.54) is 0 Å². The summed E-state index contributed by atoms with van der Waals surface area (Å²) in [6.45, 7) is 3.07. The van der Waals surface area contributed by atoms with Crippen molar-refractivity contribution in [3.8, 4) is 11.5 Å². The third-order valence-corrected chi connectivity index (χ3v) is 4.93. The van der Waals surface area contributed by atoms with E-state index in [0.29, 0.717) is 31.0 Å². The van der Waals surface area contributed by atoms with Crippen LogP contribution < -0.4 is 0 Å². The first-order valence-electron chi connectivity index (χ1n) is 8.37. The van der Waals surface area contributed by atoms with Gasteiger partial charge in [0.05, 0.1) is 6.54 Å². The molecule has 5 heteroatoms. The van der Waals surface area contributed by atoms with Gasteiger partial charge in [-0.3, -0.25) is 4.90 Å². The van der Waals surface area contributed by atoms with E-state index in [4.69, 9.17) is 4.52 Å². The highest BCUT2D eigenvalue weighted by Crippen LogP contribution is 2.27. The summed E-state index contributed by atoms with van der Waals surface area (Å²) in [7, 11) is 2.12. The smallest absolute Gasteiger partial charge is 0.258 e. The van der Waals surface area contributed by atoms with E-state index in [1.54, 1.807) is 0 Å². The highest BCUT2D eigenvalue weighted by molar-refractivity contribution is 5.57.